The van der Waals surface area contributed by atoms with E-state index in [1.165, 1.54) is 11.8 Å². The van der Waals surface area contributed by atoms with E-state index in [9.17, 15) is 23.2 Å². The highest BCUT2D eigenvalue weighted by molar-refractivity contribution is 5.90. The average molecular weight is 396 g/mol. The lowest BCUT2D eigenvalue weighted by atomic mass is 10.2. The Kier molecular flexibility index (Phi) is 4.44. The van der Waals surface area contributed by atoms with Crippen LogP contribution in [0.15, 0.2) is 12.1 Å². The van der Waals surface area contributed by atoms with E-state index in [1.54, 1.807) is 0 Å². The van der Waals surface area contributed by atoms with Crippen molar-refractivity contribution >= 4 is 29.5 Å². The highest BCUT2D eigenvalue weighted by atomic mass is 19.1. The van der Waals surface area contributed by atoms with Crippen LogP contribution in [0.2, 0.25) is 0 Å². The first-order valence-electron chi connectivity index (χ1n) is 8.75. The van der Waals surface area contributed by atoms with Gasteiger partial charge in [0.2, 0.25) is 5.91 Å². The molecule has 150 valence electrons. The summed E-state index contributed by atoms with van der Waals surface area (Å²) in [7, 11) is 0. The number of hydrogen-bond donors (Lipinski definition) is 2. The molecule has 3 atom stereocenters. The summed E-state index contributed by atoms with van der Waals surface area (Å²) in [6.45, 7) is 1.89. The Morgan fingerprint density at radius 3 is 2.57 bits per heavy atom. The van der Waals surface area contributed by atoms with E-state index in [4.69, 9.17) is 9.47 Å². The number of anilines is 2. The van der Waals surface area contributed by atoms with Crippen molar-refractivity contribution in [3.63, 3.8) is 0 Å². The van der Waals surface area contributed by atoms with Crippen LogP contribution in [0, 0.1) is 11.6 Å². The molecule has 0 unspecified atom stereocenters. The van der Waals surface area contributed by atoms with Crippen LogP contribution in [0.3, 0.4) is 0 Å². The lowest BCUT2D eigenvalue weighted by Crippen LogP contribution is -2.33. The van der Waals surface area contributed by atoms with E-state index in [0.717, 1.165) is 17.0 Å². The van der Waals surface area contributed by atoms with Crippen LogP contribution in [0.5, 0.6) is 0 Å². The molecule has 11 heteroatoms. The van der Waals surface area contributed by atoms with Gasteiger partial charge < -0.3 is 25.0 Å². The molecule has 0 bridgehead atoms. The van der Waals surface area contributed by atoms with Crippen molar-refractivity contribution in [3.05, 3.63) is 23.8 Å². The third-order valence-corrected chi connectivity index (χ3v) is 4.91. The van der Waals surface area contributed by atoms with Crippen LogP contribution < -0.4 is 20.4 Å². The van der Waals surface area contributed by atoms with Crippen molar-refractivity contribution in [2.24, 2.45) is 0 Å². The second-order valence-electron chi connectivity index (χ2n) is 6.91. The summed E-state index contributed by atoms with van der Waals surface area (Å²) in [6, 6.07) is 1.80. The number of carbonyl (C=O) groups is 3. The molecule has 9 nitrogen and oxygen atoms in total. The minimum absolute atomic E-state index is 0.0259. The summed E-state index contributed by atoms with van der Waals surface area (Å²) in [5.41, 5.74) is -0.212. The minimum Gasteiger partial charge on any atom is -0.442 e. The van der Waals surface area contributed by atoms with E-state index in [1.807, 2.05) is 0 Å². The number of nitrogens with zero attached hydrogens (tertiary/aromatic N) is 2. The summed E-state index contributed by atoms with van der Waals surface area (Å²) >= 11 is 0. The van der Waals surface area contributed by atoms with E-state index in [2.05, 4.69) is 10.6 Å². The van der Waals surface area contributed by atoms with E-state index in [-0.39, 0.29) is 49.5 Å². The molecule has 0 saturated carbocycles. The summed E-state index contributed by atoms with van der Waals surface area (Å²) in [5, 5.41) is 5.13. The molecule has 0 aliphatic carbocycles. The maximum absolute atomic E-state index is 14.7. The molecule has 3 heterocycles. The first-order valence-corrected chi connectivity index (χ1v) is 8.75. The highest BCUT2D eigenvalue weighted by Crippen LogP contribution is 2.34. The number of rotatable bonds is 4. The summed E-state index contributed by atoms with van der Waals surface area (Å²) < 4.78 is 39.6. The largest absolute Gasteiger partial charge is 0.442 e. The Morgan fingerprint density at radius 2 is 1.93 bits per heavy atom. The van der Waals surface area contributed by atoms with Crippen LogP contribution in [0.4, 0.5) is 29.7 Å². The second kappa shape index (κ2) is 6.80. The lowest BCUT2D eigenvalue weighted by molar-refractivity contribution is -0.119. The summed E-state index contributed by atoms with van der Waals surface area (Å²) in [4.78, 5) is 36.8. The van der Waals surface area contributed by atoms with Crippen LogP contribution in [0.25, 0.3) is 0 Å². The molecular weight excluding hydrogens is 378 g/mol. The van der Waals surface area contributed by atoms with Gasteiger partial charge in [0, 0.05) is 25.6 Å². The van der Waals surface area contributed by atoms with Gasteiger partial charge in [-0.05, 0) is 0 Å². The molecule has 1 aromatic rings. The van der Waals surface area contributed by atoms with Gasteiger partial charge in [-0.25, -0.2) is 18.4 Å². The molecule has 1 aromatic carbocycles. The zero-order valence-corrected chi connectivity index (χ0v) is 14.9. The molecule has 2 N–H and O–H groups in total. The number of nitrogens with one attached hydrogen (secondary N) is 2. The number of carbonyl (C=O) groups excluding carboxylic acids is 3. The zero-order chi connectivity index (χ0) is 20.0. The normalized spacial score (nSPS) is 26.0. The third-order valence-electron chi connectivity index (χ3n) is 4.91. The van der Waals surface area contributed by atoms with Gasteiger partial charge in [0.25, 0.3) is 0 Å². The van der Waals surface area contributed by atoms with Gasteiger partial charge >= 0.3 is 12.2 Å². The van der Waals surface area contributed by atoms with Crippen LogP contribution in [-0.4, -0.2) is 62.5 Å². The van der Waals surface area contributed by atoms with E-state index < -0.39 is 36.0 Å². The summed E-state index contributed by atoms with van der Waals surface area (Å²) in [6.07, 6.45) is -2.35. The maximum atomic E-state index is 14.7. The number of amides is 3. The molecule has 3 fully saturated rings. The number of fused-ring (bicyclic) bond motifs is 1. The fraction of sp³-hybridized carbons (Fsp3) is 0.471. The van der Waals surface area contributed by atoms with Crippen molar-refractivity contribution < 1.29 is 32.6 Å². The Hall–Kier alpha value is -3.11. The van der Waals surface area contributed by atoms with Gasteiger partial charge in [0.15, 0.2) is 11.6 Å². The van der Waals surface area contributed by atoms with Gasteiger partial charge in [-0.3, -0.25) is 9.69 Å². The molecule has 0 radical (unpaired) electrons. The fourth-order valence-electron chi connectivity index (χ4n) is 3.64. The molecule has 3 aliphatic rings. The molecule has 3 aliphatic heterocycles. The second-order valence-corrected chi connectivity index (χ2v) is 6.91. The monoisotopic (exact) mass is 396 g/mol. The number of alkyl carbamates (subject to hydrolysis) is 1. The number of benzene rings is 1. The highest BCUT2D eigenvalue weighted by Gasteiger charge is 2.43. The molecule has 4 rings (SSSR count). The maximum Gasteiger partial charge on any atom is 0.414 e. The van der Waals surface area contributed by atoms with E-state index >= 15 is 0 Å². The Balaban J connectivity index is 1.50. The van der Waals surface area contributed by atoms with Crippen molar-refractivity contribution in [1.29, 1.82) is 0 Å². The van der Waals surface area contributed by atoms with Crippen LogP contribution in [0.1, 0.15) is 6.92 Å². The number of ether oxygens (including phenoxy) is 2. The minimum atomic E-state index is -0.834. The van der Waals surface area contributed by atoms with Crippen molar-refractivity contribution in [3.8, 4) is 0 Å². The molecule has 0 aromatic heterocycles. The fourth-order valence-corrected chi connectivity index (χ4v) is 3.64. The third kappa shape index (κ3) is 3.27. The Labute approximate surface area is 158 Å². The first kappa shape index (κ1) is 18.3. The SMILES string of the molecule is CC(=O)NC[C@H]1CN(c2cc(F)c(N3C[C@@H]4OC(=O)N[C@@H]4C3)c(F)c2)C(=O)O1. The van der Waals surface area contributed by atoms with Gasteiger partial charge in [0.05, 0.1) is 31.4 Å². The van der Waals surface area contributed by atoms with Crippen LogP contribution in [-0.2, 0) is 14.3 Å². The average Bonchev–Trinajstić information content (AvgIpc) is 3.25. The van der Waals surface area contributed by atoms with Crippen molar-refractivity contribution in [2.75, 3.05) is 36.0 Å². The van der Waals surface area contributed by atoms with Gasteiger partial charge in [-0.15, -0.1) is 0 Å². The van der Waals surface area contributed by atoms with Gasteiger partial charge in [0.1, 0.15) is 17.9 Å². The molecule has 3 saturated heterocycles. The Bertz CT molecular complexity index is 812. The van der Waals surface area contributed by atoms with Gasteiger partial charge in [-0.1, -0.05) is 0 Å². The predicted molar refractivity (Wildman–Crippen MR) is 92.1 cm³/mol. The smallest absolute Gasteiger partial charge is 0.414 e. The molecular formula is C17H18F2N4O5. The van der Waals surface area contributed by atoms with Gasteiger partial charge in [-0.2, -0.15) is 0 Å². The summed E-state index contributed by atoms with van der Waals surface area (Å²) in [5.74, 6) is -1.94. The van der Waals surface area contributed by atoms with Crippen molar-refractivity contribution in [2.45, 2.75) is 25.2 Å². The Morgan fingerprint density at radius 1 is 1.21 bits per heavy atom. The molecule has 3 amide bonds. The van der Waals surface area contributed by atoms with E-state index in [0.29, 0.717) is 0 Å². The zero-order valence-electron chi connectivity index (χ0n) is 14.9. The quantitative estimate of drug-likeness (QED) is 0.778. The van der Waals surface area contributed by atoms with Crippen LogP contribution >= 0.6 is 0 Å². The molecule has 28 heavy (non-hydrogen) atoms. The topological polar surface area (TPSA) is 100 Å². The van der Waals surface area contributed by atoms with Crippen molar-refractivity contribution in [1.82, 2.24) is 10.6 Å². The lowest BCUT2D eigenvalue weighted by Gasteiger charge is -2.22. The number of cyclic esters (lactones) is 1. The molecule has 0 spiro atoms. The number of halogens is 2. The standard InChI is InChI=1S/C17H18F2N4O5/c1-8(24)20-4-10-5-23(17(26)27-10)9-2-11(18)15(12(19)3-9)22-6-13-14(7-22)28-16(25)21-13/h2-3,10,13-14H,4-7H2,1H3,(H,20,24)(H,21,25)/t10-,13+,14-/m0/s1. The predicted octanol–water partition coefficient (Wildman–Crippen LogP) is 0.723. The number of hydrogen-bond acceptors (Lipinski definition) is 6. The first-order chi connectivity index (χ1) is 13.3.